The Kier molecular flexibility index (Phi) is 6.63. The Morgan fingerprint density at radius 2 is 1.90 bits per heavy atom. The molecule has 0 aromatic heterocycles. The fraction of sp³-hybridized carbons (Fsp3) is 0.615. The highest BCUT2D eigenvalue weighted by molar-refractivity contribution is 5.49. The number of rotatable bonds is 6. The Bertz CT molecular complexity index is 820. The Labute approximate surface area is 185 Å². The maximum absolute atomic E-state index is 10.8. The van der Waals surface area contributed by atoms with E-state index in [1.165, 1.54) is 44.1 Å². The minimum absolute atomic E-state index is 0.0305. The zero-order valence-electron chi connectivity index (χ0n) is 18.4. The Balaban J connectivity index is 1.32. The van der Waals surface area contributed by atoms with Gasteiger partial charge in [-0.1, -0.05) is 43.9 Å². The van der Waals surface area contributed by atoms with Gasteiger partial charge in [-0.25, -0.2) is 0 Å². The molecule has 0 amide bonds. The number of aliphatic hydroxyl groups is 1. The third-order valence-corrected chi connectivity index (χ3v) is 7.34. The zero-order chi connectivity index (χ0) is 21.0. The predicted molar refractivity (Wildman–Crippen MR) is 121 cm³/mol. The number of ether oxygens (including phenoxy) is 2. The fourth-order valence-electron chi connectivity index (χ4n) is 5.52. The number of benzene rings is 1. The van der Waals surface area contributed by atoms with E-state index >= 15 is 0 Å². The van der Waals surface area contributed by atoms with Crippen LogP contribution < -0.4 is 15.4 Å². The second-order valence-electron chi connectivity index (χ2n) is 9.56. The van der Waals surface area contributed by atoms with Crippen LogP contribution in [0.4, 0.5) is 0 Å². The summed E-state index contributed by atoms with van der Waals surface area (Å²) in [6.07, 6.45) is 13.4. The van der Waals surface area contributed by atoms with Crippen molar-refractivity contribution >= 4 is 0 Å². The summed E-state index contributed by atoms with van der Waals surface area (Å²) in [5.74, 6) is 3.49. The van der Waals surface area contributed by atoms with Crippen LogP contribution in [-0.4, -0.2) is 30.5 Å². The SMILES string of the molecule is OC(NC1C2=C(C=C(OCC3CCCCCC3)CC2)Oc2ccccc21)[C@@H]1CCCN1. The van der Waals surface area contributed by atoms with Gasteiger partial charge in [-0.3, -0.25) is 5.32 Å². The fourth-order valence-corrected chi connectivity index (χ4v) is 5.52. The molecule has 2 fully saturated rings. The lowest BCUT2D eigenvalue weighted by molar-refractivity contribution is 0.0894. The van der Waals surface area contributed by atoms with Crippen LogP contribution in [0.25, 0.3) is 0 Å². The lowest BCUT2D eigenvalue weighted by Gasteiger charge is -2.35. The first kappa shape index (κ1) is 21.0. The summed E-state index contributed by atoms with van der Waals surface area (Å²) < 4.78 is 12.6. The largest absolute Gasteiger partial charge is 0.497 e. The van der Waals surface area contributed by atoms with Gasteiger partial charge in [0, 0.05) is 24.1 Å². The quantitative estimate of drug-likeness (QED) is 0.456. The molecule has 168 valence electrons. The first-order valence-corrected chi connectivity index (χ1v) is 12.3. The molecule has 2 aliphatic heterocycles. The summed E-state index contributed by atoms with van der Waals surface area (Å²) in [7, 11) is 0. The predicted octanol–water partition coefficient (Wildman–Crippen LogP) is 4.70. The van der Waals surface area contributed by atoms with Gasteiger partial charge in [-0.05, 0) is 56.2 Å². The summed E-state index contributed by atoms with van der Waals surface area (Å²) in [5.41, 5.74) is 2.33. The highest BCUT2D eigenvalue weighted by atomic mass is 16.5. The number of fused-ring (bicyclic) bond motifs is 1. The highest BCUT2D eigenvalue weighted by Crippen LogP contribution is 2.43. The van der Waals surface area contributed by atoms with E-state index in [0.717, 1.165) is 61.7 Å². The van der Waals surface area contributed by atoms with Gasteiger partial charge in [0.05, 0.1) is 18.4 Å². The molecular weight excluding hydrogens is 388 g/mol. The third kappa shape index (κ3) is 4.84. The molecule has 1 aromatic rings. The maximum Gasteiger partial charge on any atom is 0.132 e. The molecule has 31 heavy (non-hydrogen) atoms. The zero-order valence-corrected chi connectivity index (χ0v) is 18.4. The average Bonchev–Trinajstić information content (AvgIpc) is 3.21. The molecule has 5 heteroatoms. The summed E-state index contributed by atoms with van der Waals surface area (Å²) in [6.45, 7) is 1.81. The van der Waals surface area contributed by atoms with Crippen molar-refractivity contribution in [3.05, 3.63) is 53.0 Å². The molecule has 0 spiro atoms. The standard InChI is InChI=1S/C26H36N2O3/c29-26(22-11-7-15-27-22)28-25-20-10-5-6-12-23(20)31-24-16-19(13-14-21(24)25)30-17-18-8-3-1-2-4-9-18/h5-6,10,12,16,18,22,25-29H,1-4,7-9,11,13-15,17H2/t22-,25?,26?/m0/s1. The minimum Gasteiger partial charge on any atom is -0.497 e. The number of nitrogens with one attached hydrogen (secondary N) is 2. The molecular formula is C26H36N2O3. The van der Waals surface area contributed by atoms with Crippen molar-refractivity contribution in [3.63, 3.8) is 0 Å². The van der Waals surface area contributed by atoms with Gasteiger partial charge >= 0.3 is 0 Å². The lowest BCUT2D eigenvalue weighted by atomic mass is 9.88. The van der Waals surface area contributed by atoms with Crippen LogP contribution in [0.3, 0.4) is 0 Å². The molecule has 0 radical (unpaired) electrons. The molecule has 5 nitrogen and oxygen atoms in total. The second-order valence-corrected chi connectivity index (χ2v) is 9.56. The van der Waals surface area contributed by atoms with Gasteiger partial charge in [0.25, 0.3) is 0 Å². The van der Waals surface area contributed by atoms with Crippen LogP contribution in [0.1, 0.15) is 75.8 Å². The van der Waals surface area contributed by atoms with Crippen LogP contribution in [0, 0.1) is 5.92 Å². The molecule has 1 saturated heterocycles. The van der Waals surface area contributed by atoms with Gasteiger partial charge in [0.15, 0.2) is 0 Å². The number of para-hydroxylation sites is 1. The van der Waals surface area contributed by atoms with E-state index in [1.54, 1.807) is 0 Å². The molecule has 3 N–H and O–H groups in total. The molecule has 3 atom stereocenters. The maximum atomic E-state index is 10.8. The van der Waals surface area contributed by atoms with E-state index in [-0.39, 0.29) is 12.1 Å². The Morgan fingerprint density at radius 3 is 2.71 bits per heavy atom. The van der Waals surface area contributed by atoms with Crippen molar-refractivity contribution in [1.29, 1.82) is 0 Å². The topological polar surface area (TPSA) is 62.8 Å². The summed E-state index contributed by atoms with van der Waals surface area (Å²) in [6, 6.07) is 8.25. The smallest absolute Gasteiger partial charge is 0.132 e. The van der Waals surface area contributed by atoms with E-state index < -0.39 is 6.23 Å². The van der Waals surface area contributed by atoms with Gasteiger partial charge in [0.2, 0.25) is 0 Å². The molecule has 0 bridgehead atoms. The third-order valence-electron chi connectivity index (χ3n) is 7.34. The van der Waals surface area contributed by atoms with Crippen molar-refractivity contribution in [2.45, 2.75) is 82.5 Å². The lowest BCUT2D eigenvalue weighted by Crippen LogP contribution is -2.47. The Morgan fingerprint density at radius 1 is 1.06 bits per heavy atom. The van der Waals surface area contributed by atoms with Crippen molar-refractivity contribution in [2.75, 3.05) is 13.2 Å². The highest BCUT2D eigenvalue weighted by Gasteiger charge is 2.34. The van der Waals surface area contributed by atoms with Crippen molar-refractivity contribution in [3.8, 4) is 5.75 Å². The average molecular weight is 425 g/mol. The van der Waals surface area contributed by atoms with Gasteiger partial charge in [0.1, 0.15) is 17.7 Å². The van der Waals surface area contributed by atoms with Crippen LogP contribution in [0.5, 0.6) is 5.75 Å². The van der Waals surface area contributed by atoms with Crippen molar-refractivity contribution in [2.24, 2.45) is 5.92 Å². The molecule has 1 aromatic carbocycles. The van der Waals surface area contributed by atoms with E-state index in [9.17, 15) is 5.11 Å². The molecule has 5 rings (SSSR count). The normalized spacial score (nSPS) is 27.6. The minimum atomic E-state index is -0.579. The second kappa shape index (κ2) is 9.76. The summed E-state index contributed by atoms with van der Waals surface area (Å²) >= 11 is 0. The monoisotopic (exact) mass is 424 g/mol. The molecule has 2 aliphatic carbocycles. The number of hydrogen-bond donors (Lipinski definition) is 3. The van der Waals surface area contributed by atoms with Crippen molar-refractivity contribution < 1.29 is 14.6 Å². The van der Waals surface area contributed by atoms with E-state index in [2.05, 4.69) is 22.8 Å². The van der Waals surface area contributed by atoms with Crippen molar-refractivity contribution in [1.82, 2.24) is 10.6 Å². The molecule has 2 unspecified atom stereocenters. The first-order chi connectivity index (χ1) is 15.3. The summed E-state index contributed by atoms with van der Waals surface area (Å²) in [4.78, 5) is 0. The first-order valence-electron chi connectivity index (χ1n) is 12.3. The van der Waals surface area contributed by atoms with Crippen LogP contribution >= 0.6 is 0 Å². The number of hydrogen-bond acceptors (Lipinski definition) is 5. The summed E-state index contributed by atoms with van der Waals surface area (Å²) in [5, 5.41) is 17.8. The van der Waals surface area contributed by atoms with Crippen LogP contribution in [-0.2, 0) is 4.74 Å². The van der Waals surface area contributed by atoms with Crippen LogP contribution in [0.15, 0.2) is 47.4 Å². The van der Waals surface area contributed by atoms with E-state index in [4.69, 9.17) is 9.47 Å². The Hall–Kier alpha value is -1.82. The van der Waals surface area contributed by atoms with Gasteiger partial charge in [-0.2, -0.15) is 0 Å². The molecule has 2 heterocycles. The number of allylic oxidation sites excluding steroid dienone is 2. The van der Waals surface area contributed by atoms with E-state index in [1.807, 2.05) is 18.2 Å². The van der Waals surface area contributed by atoms with Gasteiger partial charge in [-0.15, -0.1) is 0 Å². The van der Waals surface area contributed by atoms with Crippen LogP contribution in [0.2, 0.25) is 0 Å². The number of aliphatic hydroxyl groups excluding tert-OH is 1. The van der Waals surface area contributed by atoms with E-state index in [0.29, 0.717) is 5.92 Å². The molecule has 1 saturated carbocycles. The molecule has 4 aliphatic rings. The van der Waals surface area contributed by atoms with Gasteiger partial charge < -0.3 is 19.9 Å².